The van der Waals surface area contributed by atoms with Gasteiger partial charge < -0.3 is 4.90 Å². The first-order chi connectivity index (χ1) is 12.0. The molecule has 0 heterocycles. The third-order valence-corrected chi connectivity index (χ3v) is 4.55. The highest BCUT2D eigenvalue weighted by molar-refractivity contribution is 5.39. The molecule has 0 bridgehead atoms. The highest BCUT2D eigenvalue weighted by atomic mass is 15.1. The Bertz CT molecular complexity index is 453. The number of rotatable bonds is 15. The largest absolute Gasteiger partial charge is 0.372 e. The van der Waals surface area contributed by atoms with Crippen LogP contribution in [0.2, 0.25) is 0 Å². The summed E-state index contributed by atoms with van der Waals surface area (Å²) in [6.07, 6.45) is 16.7. The molecule has 0 aliphatic heterocycles. The van der Waals surface area contributed by atoms with Gasteiger partial charge in [0, 0.05) is 18.8 Å². The maximum absolute atomic E-state index is 4.36. The molecule has 0 aromatic carbocycles. The minimum absolute atomic E-state index is 0.665. The van der Waals surface area contributed by atoms with Crippen LogP contribution in [0.3, 0.4) is 0 Å². The van der Waals surface area contributed by atoms with E-state index < -0.39 is 0 Å². The Hall–Kier alpha value is -1.50. The number of hydrogen-bond donors (Lipinski definition) is 0. The van der Waals surface area contributed by atoms with E-state index in [0.717, 1.165) is 38.0 Å². The van der Waals surface area contributed by atoms with Crippen LogP contribution >= 0.6 is 0 Å². The average molecular weight is 344 g/mol. The zero-order valence-electron chi connectivity index (χ0n) is 17.3. The molecule has 0 amide bonds. The summed E-state index contributed by atoms with van der Waals surface area (Å²) in [6.45, 7) is 23.5. The van der Waals surface area contributed by atoms with E-state index in [4.69, 9.17) is 0 Å². The summed E-state index contributed by atoms with van der Waals surface area (Å²) in [5.74, 6) is 0.665. The summed E-state index contributed by atoms with van der Waals surface area (Å²) in [6, 6.07) is 0. The molecule has 0 saturated heterocycles. The molecular weight excluding hydrogens is 302 g/mol. The zero-order valence-corrected chi connectivity index (χ0v) is 17.3. The summed E-state index contributed by atoms with van der Waals surface area (Å²) in [5, 5.41) is 0. The monoisotopic (exact) mass is 343 g/mol. The van der Waals surface area contributed by atoms with Gasteiger partial charge in [-0.2, -0.15) is 0 Å². The first kappa shape index (κ1) is 23.5. The van der Waals surface area contributed by atoms with Crippen LogP contribution in [0, 0.1) is 5.92 Å². The van der Waals surface area contributed by atoms with Crippen molar-refractivity contribution >= 4 is 0 Å². The van der Waals surface area contributed by atoms with E-state index in [9.17, 15) is 0 Å². The topological polar surface area (TPSA) is 3.24 Å². The van der Waals surface area contributed by atoms with Gasteiger partial charge in [-0.25, -0.2) is 0 Å². The fourth-order valence-electron chi connectivity index (χ4n) is 3.14. The Morgan fingerprint density at radius 1 is 1.00 bits per heavy atom. The van der Waals surface area contributed by atoms with Crippen LogP contribution in [-0.2, 0) is 0 Å². The quantitative estimate of drug-likeness (QED) is 0.220. The van der Waals surface area contributed by atoms with Crippen molar-refractivity contribution in [2.45, 2.75) is 72.6 Å². The molecule has 1 atom stereocenters. The summed E-state index contributed by atoms with van der Waals surface area (Å²) < 4.78 is 0. The van der Waals surface area contributed by atoms with Gasteiger partial charge >= 0.3 is 0 Å². The van der Waals surface area contributed by atoms with Crippen LogP contribution in [0.25, 0.3) is 0 Å². The molecule has 1 nitrogen and oxygen atoms in total. The van der Waals surface area contributed by atoms with Crippen molar-refractivity contribution in [2.75, 3.05) is 13.1 Å². The minimum atomic E-state index is 0.665. The first-order valence-corrected chi connectivity index (χ1v) is 10.1. The number of allylic oxidation sites excluding steroid dienone is 5. The van der Waals surface area contributed by atoms with E-state index in [1.165, 1.54) is 36.8 Å². The molecular formula is C24H41N. The van der Waals surface area contributed by atoms with E-state index in [0.29, 0.717) is 5.92 Å². The second-order valence-corrected chi connectivity index (χ2v) is 6.91. The van der Waals surface area contributed by atoms with Crippen LogP contribution in [-0.4, -0.2) is 18.0 Å². The summed E-state index contributed by atoms with van der Waals surface area (Å²) in [4.78, 5) is 2.42. The maximum atomic E-state index is 4.36. The molecule has 0 radical (unpaired) electrons. The Morgan fingerprint density at radius 2 is 1.72 bits per heavy atom. The van der Waals surface area contributed by atoms with Gasteiger partial charge in [0.15, 0.2) is 0 Å². The molecule has 0 fully saturated rings. The van der Waals surface area contributed by atoms with Gasteiger partial charge in [0.05, 0.1) is 0 Å². The van der Waals surface area contributed by atoms with Gasteiger partial charge in [-0.3, -0.25) is 0 Å². The predicted octanol–water partition coefficient (Wildman–Crippen LogP) is 7.45. The molecule has 0 rings (SSSR count). The molecule has 0 aromatic rings. The lowest BCUT2D eigenvalue weighted by Gasteiger charge is -2.27. The van der Waals surface area contributed by atoms with E-state index in [1.807, 2.05) is 6.08 Å². The lowest BCUT2D eigenvalue weighted by molar-refractivity contribution is 0.346. The average Bonchev–Trinajstić information content (AvgIpc) is 2.59. The van der Waals surface area contributed by atoms with E-state index in [2.05, 4.69) is 70.6 Å². The van der Waals surface area contributed by atoms with Crippen LogP contribution < -0.4 is 0 Å². The van der Waals surface area contributed by atoms with E-state index in [-0.39, 0.29) is 0 Å². The van der Waals surface area contributed by atoms with Crippen LogP contribution in [0.4, 0.5) is 0 Å². The molecule has 0 N–H and O–H groups in total. The Labute approximate surface area is 157 Å². The number of hydrogen-bond acceptors (Lipinski definition) is 1. The molecule has 0 spiro atoms. The third kappa shape index (κ3) is 10.2. The minimum Gasteiger partial charge on any atom is -0.372 e. The van der Waals surface area contributed by atoms with Crippen molar-refractivity contribution in [2.24, 2.45) is 5.92 Å². The summed E-state index contributed by atoms with van der Waals surface area (Å²) in [5.41, 5.74) is 3.54. The van der Waals surface area contributed by atoms with Crippen molar-refractivity contribution in [3.05, 3.63) is 60.9 Å². The molecule has 0 aliphatic carbocycles. The maximum Gasteiger partial charge on any atom is 0.0363 e. The molecule has 1 unspecified atom stereocenters. The van der Waals surface area contributed by atoms with E-state index >= 15 is 0 Å². The molecule has 0 saturated carbocycles. The molecule has 0 aromatic heterocycles. The fourth-order valence-corrected chi connectivity index (χ4v) is 3.14. The van der Waals surface area contributed by atoms with Crippen LogP contribution in [0.1, 0.15) is 72.6 Å². The SMILES string of the molecule is C=CCC(CCC)CC(=C)/C=C\C(=C/C)C(=C)N(CCC)CCCC. The standard InChI is InChI=1S/C24H41N/c1-8-13-19-25(18-11-4)22(7)24(12-5)17-16-21(6)20-23(14-9-2)15-10-3/h9,12,16-17,23H,2,6-8,10-11,13-15,18-20H2,1,3-5H3/b17-16-,24-12+. The highest BCUT2D eigenvalue weighted by Gasteiger charge is 2.10. The zero-order chi connectivity index (χ0) is 19.1. The van der Waals surface area contributed by atoms with Crippen molar-refractivity contribution in [1.29, 1.82) is 0 Å². The van der Waals surface area contributed by atoms with Crippen molar-refractivity contribution < 1.29 is 0 Å². The lowest BCUT2D eigenvalue weighted by atomic mass is 9.92. The predicted molar refractivity (Wildman–Crippen MR) is 116 cm³/mol. The fraction of sp³-hybridized carbons (Fsp3) is 0.583. The van der Waals surface area contributed by atoms with Crippen molar-refractivity contribution in [3.8, 4) is 0 Å². The molecule has 1 heteroatoms. The number of unbranched alkanes of at least 4 members (excludes halogenated alkanes) is 1. The molecule has 0 aliphatic rings. The Kier molecular flexibility index (Phi) is 13.9. The lowest BCUT2D eigenvalue weighted by Crippen LogP contribution is -2.25. The van der Waals surface area contributed by atoms with Gasteiger partial charge in [-0.05, 0) is 44.1 Å². The van der Waals surface area contributed by atoms with Crippen molar-refractivity contribution in [1.82, 2.24) is 4.90 Å². The van der Waals surface area contributed by atoms with Gasteiger partial charge in [0.1, 0.15) is 0 Å². The molecule has 142 valence electrons. The summed E-state index contributed by atoms with van der Waals surface area (Å²) >= 11 is 0. The third-order valence-electron chi connectivity index (χ3n) is 4.55. The number of nitrogens with zero attached hydrogens (tertiary/aromatic N) is 1. The second-order valence-electron chi connectivity index (χ2n) is 6.91. The van der Waals surface area contributed by atoms with Gasteiger partial charge in [0.2, 0.25) is 0 Å². The van der Waals surface area contributed by atoms with Crippen LogP contribution in [0.15, 0.2) is 60.9 Å². The van der Waals surface area contributed by atoms with Gasteiger partial charge in [-0.1, -0.05) is 83.1 Å². The highest BCUT2D eigenvalue weighted by Crippen LogP contribution is 2.22. The van der Waals surface area contributed by atoms with Gasteiger partial charge in [-0.15, -0.1) is 6.58 Å². The van der Waals surface area contributed by atoms with E-state index in [1.54, 1.807) is 0 Å². The molecule has 25 heavy (non-hydrogen) atoms. The first-order valence-electron chi connectivity index (χ1n) is 10.1. The normalized spacial score (nSPS) is 13.0. The summed E-state index contributed by atoms with van der Waals surface area (Å²) in [7, 11) is 0. The Morgan fingerprint density at radius 3 is 2.24 bits per heavy atom. The smallest absolute Gasteiger partial charge is 0.0363 e. The van der Waals surface area contributed by atoms with Crippen LogP contribution in [0.5, 0.6) is 0 Å². The Balaban J connectivity index is 4.87. The van der Waals surface area contributed by atoms with Gasteiger partial charge in [0.25, 0.3) is 0 Å². The van der Waals surface area contributed by atoms with Crippen molar-refractivity contribution in [3.63, 3.8) is 0 Å². The second kappa shape index (κ2) is 14.8.